The van der Waals surface area contributed by atoms with Gasteiger partial charge in [-0.05, 0) is 46.3 Å². The first-order valence-electron chi connectivity index (χ1n) is 4.90. The van der Waals surface area contributed by atoms with Crippen LogP contribution in [-0.4, -0.2) is 9.91 Å². The van der Waals surface area contributed by atoms with Crippen LogP contribution in [-0.2, 0) is 0 Å². The summed E-state index contributed by atoms with van der Waals surface area (Å²) in [6, 6.07) is 9.71. The zero-order valence-electron chi connectivity index (χ0n) is 8.93. The van der Waals surface area contributed by atoms with Crippen molar-refractivity contribution in [3.8, 4) is 0 Å². The molecule has 1 aromatic carbocycles. The van der Waals surface area contributed by atoms with E-state index in [2.05, 4.69) is 26.2 Å². The van der Waals surface area contributed by atoms with Crippen LogP contribution >= 0.6 is 27.5 Å². The first-order chi connectivity index (χ1) is 8.56. The van der Waals surface area contributed by atoms with Crippen molar-refractivity contribution in [2.75, 3.05) is 5.32 Å². The van der Waals surface area contributed by atoms with Gasteiger partial charge < -0.3 is 5.32 Å². The molecule has 92 valence electrons. The number of nitrogens with one attached hydrogen (secondary N) is 1. The average Bonchev–Trinajstić information content (AvgIpc) is 2.32. The lowest BCUT2D eigenvalue weighted by molar-refractivity contribution is -0.384. The van der Waals surface area contributed by atoms with Crippen molar-refractivity contribution in [1.82, 2.24) is 4.98 Å². The maximum absolute atomic E-state index is 10.9. The second kappa shape index (κ2) is 5.32. The third-order valence-corrected chi connectivity index (χ3v) is 2.84. The van der Waals surface area contributed by atoms with Crippen LogP contribution < -0.4 is 5.32 Å². The van der Waals surface area contributed by atoms with E-state index >= 15 is 0 Å². The van der Waals surface area contributed by atoms with E-state index in [9.17, 15) is 10.1 Å². The van der Waals surface area contributed by atoms with Gasteiger partial charge in [0.25, 0.3) is 0 Å². The number of nitrogens with zero attached hydrogens (tertiary/aromatic N) is 2. The van der Waals surface area contributed by atoms with E-state index < -0.39 is 4.92 Å². The number of hydrogen-bond donors (Lipinski definition) is 1. The van der Waals surface area contributed by atoms with E-state index in [1.165, 1.54) is 12.1 Å². The van der Waals surface area contributed by atoms with Gasteiger partial charge >= 0.3 is 5.69 Å². The second-order valence-corrected chi connectivity index (χ2v) is 4.64. The van der Waals surface area contributed by atoms with E-state index in [1.54, 1.807) is 24.3 Å². The Hall–Kier alpha value is -1.66. The topological polar surface area (TPSA) is 68.1 Å². The van der Waals surface area contributed by atoms with Crippen molar-refractivity contribution in [3.63, 3.8) is 0 Å². The molecule has 18 heavy (non-hydrogen) atoms. The molecule has 0 amide bonds. The van der Waals surface area contributed by atoms with E-state index in [1.807, 2.05) is 0 Å². The molecule has 0 atom stereocenters. The molecule has 0 unspecified atom stereocenters. The fourth-order valence-corrected chi connectivity index (χ4v) is 1.77. The fourth-order valence-electron chi connectivity index (χ4n) is 1.34. The number of nitro groups is 1. The molecule has 2 aromatic rings. The number of benzene rings is 1. The van der Waals surface area contributed by atoms with Crippen molar-refractivity contribution >= 4 is 44.7 Å². The summed E-state index contributed by atoms with van der Waals surface area (Å²) in [6.45, 7) is 0. The lowest BCUT2D eigenvalue weighted by Crippen LogP contribution is -1.99. The summed E-state index contributed by atoms with van der Waals surface area (Å²) in [5, 5.41) is 14.3. The summed E-state index contributed by atoms with van der Waals surface area (Å²) in [6.07, 6.45) is 0. The molecular weight excluding hydrogens is 321 g/mol. The maximum Gasteiger partial charge on any atom is 0.311 e. The highest BCUT2D eigenvalue weighted by atomic mass is 79.9. The van der Waals surface area contributed by atoms with Crippen LogP contribution in [0.2, 0.25) is 5.02 Å². The number of anilines is 2. The number of hydrogen-bond acceptors (Lipinski definition) is 4. The summed E-state index contributed by atoms with van der Waals surface area (Å²) in [5.41, 5.74) is 0.584. The molecule has 0 bridgehead atoms. The number of aromatic nitrogens is 1. The van der Waals surface area contributed by atoms with Crippen molar-refractivity contribution in [2.45, 2.75) is 0 Å². The Kier molecular flexibility index (Phi) is 3.78. The minimum atomic E-state index is -0.488. The molecule has 1 heterocycles. The van der Waals surface area contributed by atoms with Gasteiger partial charge in [0.05, 0.1) is 4.92 Å². The monoisotopic (exact) mass is 327 g/mol. The van der Waals surface area contributed by atoms with Crippen molar-refractivity contribution < 1.29 is 4.92 Å². The molecule has 5 nitrogen and oxygen atoms in total. The van der Waals surface area contributed by atoms with Crippen LogP contribution in [0.1, 0.15) is 0 Å². The van der Waals surface area contributed by atoms with Gasteiger partial charge in [-0.25, -0.2) is 4.98 Å². The van der Waals surface area contributed by atoms with E-state index in [0.717, 1.165) is 0 Å². The Morgan fingerprint density at radius 1 is 1.22 bits per heavy atom. The highest BCUT2D eigenvalue weighted by Crippen LogP contribution is 2.27. The summed E-state index contributed by atoms with van der Waals surface area (Å²) >= 11 is 8.94. The van der Waals surface area contributed by atoms with Crippen LogP contribution in [0.3, 0.4) is 0 Å². The minimum Gasteiger partial charge on any atom is -0.334 e. The molecule has 0 saturated carbocycles. The van der Waals surface area contributed by atoms with Crippen LogP contribution in [0.25, 0.3) is 0 Å². The van der Waals surface area contributed by atoms with Gasteiger partial charge in [0, 0.05) is 16.8 Å². The summed E-state index contributed by atoms with van der Waals surface area (Å²) in [4.78, 5) is 14.4. The molecule has 7 heteroatoms. The highest BCUT2D eigenvalue weighted by molar-refractivity contribution is 9.10. The predicted octanol–water partition coefficient (Wildman–Crippen LogP) is 4.15. The van der Waals surface area contributed by atoms with Crippen LogP contribution in [0.5, 0.6) is 0 Å². The number of pyridine rings is 1. The van der Waals surface area contributed by atoms with E-state index in [4.69, 9.17) is 11.6 Å². The lowest BCUT2D eigenvalue weighted by atomic mass is 10.3. The zero-order chi connectivity index (χ0) is 13.1. The summed E-state index contributed by atoms with van der Waals surface area (Å²) < 4.78 is 0.518. The molecule has 1 N–H and O–H groups in total. The first kappa shape index (κ1) is 12.8. The normalized spacial score (nSPS) is 10.1. The molecule has 1 aromatic heterocycles. The predicted molar refractivity (Wildman–Crippen MR) is 73.3 cm³/mol. The quantitative estimate of drug-likeness (QED) is 0.522. The Bertz CT molecular complexity index is 589. The zero-order valence-corrected chi connectivity index (χ0v) is 11.3. The third-order valence-electron chi connectivity index (χ3n) is 2.14. The van der Waals surface area contributed by atoms with Gasteiger partial charge in [-0.3, -0.25) is 10.1 Å². The maximum atomic E-state index is 10.9. The van der Waals surface area contributed by atoms with Crippen LogP contribution in [0.15, 0.2) is 41.0 Å². The van der Waals surface area contributed by atoms with Gasteiger partial charge in [-0.1, -0.05) is 11.6 Å². The molecular formula is C11H7BrClN3O2. The first-order valence-corrected chi connectivity index (χ1v) is 6.07. The smallest absolute Gasteiger partial charge is 0.311 e. The molecule has 0 radical (unpaired) electrons. The van der Waals surface area contributed by atoms with Gasteiger partial charge in [0.2, 0.25) is 5.82 Å². The minimum absolute atomic E-state index is 0.0897. The third kappa shape index (κ3) is 2.96. The molecule has 0 spiro atoms. The molecule has 0 aliphatic carbocycles. The molecule has 0 saturated heterocycles. The average molecular weight is 329 g/mol. The molecule has 0 fully saturated rings. The Morgan fingerprint density at radius 3 is 2.50 bits per heavy atom. The standard InChI is InChI=1S/C11H7BrClN3O2/c12-10-6-5-9(16(17)18)11(15-10)14-8-3-1-7(13)2-4-8/h1-6H,(H,14,15). The van der Waals surface area contributed by atoms with Crippen LogP contribution in [0, 0.1) is 10.1 Å². The Labute approximate surface area is 116 Å². The highest BCUT2D eigenvalue weighted by Gasteiger charge is 2.15. The molecule has 0 aliphatic heterocycles. The van der Waals surface area contributed by atoms with E-state index in [-0.39, 0.29) is 11.5 Å². The molecule has 2 rings (SSSR count). The Balaban J connectivity index is 2.35. The largest absolute Gasteiger partial charge is 0.334 e. The van der Waals surface area contributed by atoms with Gasteiger partial charge in [0.15, 0.2) is 0 Å². The van der Waals surface area contributed by atoms with E-state index in [0.29, 0.717) is 15.3 Å². The number of rotatable bonds is 3. The second-order valence-electron chi connectivity index (χ2n) is 3.39. The SMILES string of the molecule is O=[N+]([O-])c1ccc(Br)nc1Nc1ccc(Cl)cc1. The van der Waals surface area contributed by atoms with Gasteiger partial charge in [-0.2, -0.15) is 0 Å². The lowest BCUT2D eigenvalue weighted by Gasteiger charge is -2.06. The van der Waals surface area contributed by atoms with Crippen molar-refractivity contribution in [2.24, 2.45) is 0 Å². The molecule has 0 aliphatic rings. The Morgan fingerprint density at radius 2 is 1.89 bits per heavy atom. The van der Waals surface area contributed by atoms with Gasteiger partial charge in [-0.15, -0.1) is 0 Å². The van der Waals surface area contributed by atoms with Crippen molar-refractivity contribution in [1.29, 1.82) is 0 Å². The summed E-state index contributed by atoms with van der Waals surface area (Å²) in [7, 11) is 0. The van der Waals surface area contributed by atoms with Gasteiger partial charge in [0.1, 0.15) is 4.60 Å². The number of halogens is 2. The fraction of sp³-hybridized carbons (Fsp3) is 0. The van der Waals surface area contributed by atoms with Crippen LogP contribution in [0.4, 0.5) is 17.2 Å². The van der Waals surface area contributed by atoms with Crippen molar-refractivity contribution in [3.05, 3.63) is 56.1 Å². The summed E-state index contributed by atoms with van der Waals surface area (Å²) in [5.74, 6) is 0.177.